The predicted octanol–water partition coefficient (Wildman–Crippen LogP) is 2.31. The second-order valence-electron chi connectivity index (χ2n) is 9.13. The fraction of sp³-hybridized carbons (Fsp3) is 0.800. The molecule has 3 amide bonds. The maximum absolute atomic E-state index is 13.2. The first-order valence-corrected chi connectivity index (χ1v) is 10.1. The maximum Gasteiger partial charge on any atom is 0.409 e. The Hall–Kier alpha value is -2.52. The van der Waals surface area contributed by atoms with Crippen LogP contribution in [0.3, 0.4) is 0 Å². The van der Waals surface area contributed by atoms with Crippen LogP contribution in [0.1, 0.15) is 67.7 Å². The molecule has 172 valence electrons. The van der Waals surface area contributed by atoms with Gasteiger partial charge >= 0.3 is 18.2 Å². The molecule has 1 heterocycles. The Morgan fingerprint density at radius 2 is 1.50 bits per heavy atom. The zero-order chi connectivity index (χ0) is 23.2. The lowest BCUT2D eigenvalue weighted by atomic mass is 9.97. The van der Waals surface area contributed by atoms with E-state index in [1.54, 1.807) is 48.5 Å². The van der Waals surface area contributed by atoms with E-state index in [0.29, 0.717) is 13.0 Å². The molecule has 1 fully saturated rings. The van der Waals surface area contributed by atoms with Gasteiger partial charge in [0.15, 0.2) is 5.66 Å². The van der Waals surface area contributed by atoms with Crippen molar-refractivity contribution in [3.63, 3.8) is 0 Å². The van der Waals surface area contributed by atoms with Crippen LogP contribution in [0.15, 0.2) is 0 Å². The number of esters is 1. The van der Waals surface area contributed by atoms with Crippen molar-refractivity contribution in [3.05, 3.63) is 0 Å². The molecule has 0 radical (unpaired) electrons. The van der Waals surface area contributed by atoms with Gasteiger partial charge < -0.3 is 19.1 Å². The monoisotopic (exact) mass is 429 g/mol. The number of hydrogen-bond donors (Lipinski definition) is 2. The third-order valence-corrected chi connectivity index (χ3v) is 3.97. The lowest BCUT2D eigenvalue weighted by Crippen LogP contribution is -2.71. The molecule has 1 aliphatic heterocycles. The second kappa shape index (κ2) is 9.99. The fourth-order valence-electron chi connectivity index (χ4n) is 2.82. The van der Waals surface area contributed by atoms with Crippen molar-refractivity contribution in [1.29, 1.82) is 0 Å². The second-order valence-corrected chi connectivity index (χ2v) is 9.13. The number of amides is 3. The predicted molar refractivity (Wildman–Crippen MR) is 109 cm³/mol. The van der Waals surface area contributed by atoms with Crippen LogP contribution in [0, 0.1) is 0 Å². The topological polar surface area (TPSA) is 123 Å². The molecule has 0 aliphatic carbocycles. The molecule has 0 aromatic heterocycles. The van der Waals surface area contributed by atoms with E-state index in [2.05, 4.69) is 10.6 Å². The van der Waals surface area contributed by atoms with Crippen molar-refractivity contribution in [1.82, 2.24) is 15.5 Å². The number of piperidine rings is 1. The van der Waals surface area contributed by atoms with E-state index in [4.69, 9.17) is 14.2 Å². The Bertz CT molecular complexity index is 620. The van der Waals surface area contributed by atoms with Crippen molar-refractivity contribution in [3.8, 4) is 0 Å². The van der Waals surface area contributed by atoms with Gasteiger partial charge in [0.05, 0.1) is 6.54 Å². The van der Waals surface area contributed by atoms with Gasteiger partial charge in [-0.25, -0.2) is 9.59 Å². The number of rotatable bonds is 6. The molecule has 0 spiro atoms. The van der Waals surface area contributed by atoms with E-state index >= 15 is 0 Å². The minimum atomic E-state index is -1.72. The van der Waals surface area contributed by atoms with Crippen molar-refractivity contribution in [2.24, 2.45) is 0 Å². The molecule has 1 rings (SSSR count). The van der Waals surface area contributed by atoms with Crippen LogP contribution in [0.25, 0.3) is 0 Å². The van der Waals surface area contributed by atoms with Crippen LogP contribution in [0.2, 0.25) is 0 Å². The molecule has 0 bridgehead atoms. The van der Waals surface area contributed by atoms with Gasteiger partial charge in [0.25, 0.3) is 5.91 Å². The summed E-state index contributed by atoms with van der Waals surface area (Å²) in [4.78, 5) is 50.9. The molecule has 10 nitrogen and oxygen atoms in total. The van der Waals surface area contributed by atoms with Gasteiger partial charge in [-0.1, -0.05) is 6.92 Å². The van der Waals surface area contributed by atoms with E-state index < -0.39 is 35.0 Å². The average molecular weight is 430 g/mol. The van der Waals surface area contributed by atoms with E-state index in [9.17, 15) is 19.2 Å². The van der Waals surface area contributed by atoms with Crippen LogP contribution >= 0.6 is 0 Å². The Kier molecular flexibility index (Phi) is 8.50. The lowest BCUT2D eigenvalue weighted by molar-refractivity contribution is -0.149. The highest BCUT2D eigenvalue weighted by molar-refractivity contribution is 5.93. The molecule has 1 saturated heterocycles. The van der Waals surface area contributed by atoms with Crippen LogP contribution in [-0.2, 0) is 23.8 Å². The summed E-state index contributed by atoms with van der Waals surface area (Å²) < 4.78 is 15.6. The minimum absolute atomic E-state index is 0.0212. The molecule has 2 N–H and O–H groups in total. The first kappa shape index (κ1) is 25.5. The molecule has 0 aromatic carbocycles. The smallest absolute Gasteiger partial charge is 0.409 e. The van der Waals surface area contributed by atoms with Crippen LogP contribution in [0.4, 0.5) is 9.59 Å². The molecular weight excluding hydrogens is 394 g/mol. The van der Waals surface area contributed by atoms with Gasteiger partial charge in [0.1, 0.15) is 17.8 Å². The SMILES string of the molecule is CCC(=O)OCCN1CCCC(NC(=O)OC(C)(C)C)(NC(=O)OC(C)(C)C)C1=O. The minimum Gasteiger partial charge on any atom is -0.464 e. The summed E-state index contributed by atoms with van der Waals surface area (Å²) in [6.07, 6.45) is -0.787. The van der Waals surface area contributed by atoms with E-state index in [0.717, 1.165) is 0 Å². The lowest BCUT2D eigenvalue weighted by Gasteiger charge is -2.42. The summed E-state index contributed by atoms with van der Waals surface area (Å²) in [6, 6.07) is 0. The van der Waals surface area contributed by atoms with Crippen LogP contribution in [-0.4, -0.2) is 65.5 Å². The van der Waals surface area contributed by atoms with Crippen LogP contribution in [0.5, 0.6) is 0 Å². The highest BCUT2D eigenvalue weighted by Crippen LogP contribution is 2.22. The van der Waals surface area contributed by atoms with Gasteiger partial charge in [-0.3, -0.25) is 20.2 Å². The van der Waals surface area contributed by atoms with Crippen molar-refractivity contribution in [2.75, 3.05) is 19.7 Å². The number of carbonyl (C=O) groups excluding carboxylic acids is 4. The molecule has 30 heavy (non-hydrogen) atoms. The number of ether oxygens (including phenoxy) is 3. The Morgan fingerprint density at radius 1 is 1.00 bits per heavy atom. The van der Waals surface area contributed by atoms with Gasteiger partial charge in [0.2, 0.25) is 0 Å². The first-order valence-electron chi connectivity index (χ1n) is 10.1. The summed E-state index contributed by atoms with van der Waals surface area (Å²) in [5, 5.41) is 5.05. The molecular formula is C20H35N3O7. The van der Waals surface area contributed by atoms with Crippen molar-refractivity contribution in [2.45, 2.75) is 84.6 Å². The number of carbonyl (C=O) groups is 4. The molecule has 0 atom stereocenters. The van der Waals surface area contributed by atoms with E-state index in [-0.39, 0.29) is 32.0 Å². The van der Waals surface area contributed by atoms with Crippen molar-refractivity contribution < 1.29 is 33.4 Å². The van der Waals surface area contributed by atoms with Gasteiger partial charge in [0, 0.05) is 19.4 Å². The van der Waals surface area contributed by atoms with E-state index in [1.807, 2.05) is 0 Å². The molecule has 10 heteroatoms. The standard InChI is InChI=1S/C20H35N3O7/c1-8-14(24)28-13-12-23-11-9-10-20(15(23)25,21-16(26)29-18(2,3)4)22-17(27)30-19(5,6)7/h8-13H2,1-7H3,(H,21,26)(H,22,27). The summed E-state index contributed by atoms with van der Waals surface area (Å²) in [5.41, 5.74) is -3.30. The summed E-state index contributed by atoms with van der Waals surface area (Å²) >= 11 is 0. The normalized spacial score (nSPS) is 16.5. The summed E-state index contributed by atoms with van der Waals surface area (Å²) in [6.45, 7) is 12.4. The number of nitrogens with one attached hydrogen (secondary N) is 2. The van der Waals surface area contributed by atoms with E-state index in [1.165, 1.54) is 4.90 Å². The highest BCUT2D eigenvalue weighted by atomic mass is 16.6. The average Bonchev–Trinajstić information content (AvgIpc) is 2.54. The number of nitrogens with zero attached hydrogens (tertiary/aromatic N) is 1. The molecule has 0 unspecified atom stereocenters. The van der Waals surface area contributed by atoms with Gasteiger partial charge in [-0.15, -0.1) is 0 Å². The van der Waals surface area contributed by atoms with Crippen molar-refractivity contribution >= 4 is 24.1 Å². The molecule has 1 aliphatic rings. The van der Waals surface area contributed by atoms with Gasteiger partial charge in [-0.05, 0) is 48.0 Å². The fourth-order valence-corrected chi connectivity index (χ4v) is 2.82. The third kappa shape index (κ3) is 8.46. The van der Waals surface area contributed by atoms with Crippen LogP contribution < -0.4 is 10.6 Å². The third-order valence-electron chi connectivity index (χ3n) is 3.97. The number of hydrogen-bond acceptors (Lipinski definition) is 7. The highest BCUT2D eigenvalue weighted by Gasteiger charge is 2.48. The Morgan fingerprint density at radius 3 is 1.93 bits per heavy atom. The first-order chi connectivity index (χ1) is 13.7. The maximum atomic E-state index is 13.2. The quantitative estimate of drug-likeness (QED) is 0.377. The largest absolute Gasteiger partial charge is 0.464 e. The zero-order valence-corrected chi connectivity index (χ0v) is 19.0. The number of likely N-dealkylation sites (tertiary alicyclic amines) is 1. The molecule has 0 aromatic rings. The molecule has 0 saturated carbocycles. The Balaban J connectivity index is 3.02. The number of alkyl carbamates (subject to hydrolysis) is 2. The zero-order valence-electron chi connectivity index (χ0n) is 19.0. The summed E-state index contributed by atoms with van der Waals surface area (Å²) in [5.74, 6) is -0.900. The van der Waals surface area contributed by atoms with Gasteiger partial charge in [-0.2, -0.15) is 0 Å². The summed E-state index contributed by atoms with van der Waals surface area (Å²) in [7, 11) is 0. The Labute approximate surface area is 178 Å².